The van der Waals surface area contributed by atoms with Gasteiger partial charge in [0.05, 0.1) is 17.0 Å². The number of carbonyl (C=O) groups is 1. The number of nitrogens with zero attached hydrogens (tertiary/aromatic N) is 3. The number of hydrogen-bond donors (Lipinski definition) is 0. The van der Waals surface area contributed by atoms with Crippen LogP contribution in [-0.2, 0) is 6.42 Å². The topological polar surface area (TPSA) is 47.8 Å². The molecule has 7 heteroatoms. The second-order valence-electron chi connectivity index (χ2n) is 5.79. The van der Waals surface area contributed by atoms with Gasteiger partial charge in [0.2, 0.25) is 5.13 Å². The fraction of sp³-hybridized carbons (Fsp3) is 0.235. The van der Waals surface area contributed by atoms with Crippen LogP contribution in [0.5, 0.6) is 0 Å². The highest BCUT2D eigenvalue weighted by Gasteiger charge is 2.29. The fourth-order valence-electron chi connectivity index (χ4n) is 3.01. The van der Waals surface area contributed by atoms with Gasteiger partial charge in [-0.05, 0) is 31.9 Å². The van der Waals surface area contributed by atoms with Gasteiger partial charge >= 0.3 is 0 Å². The van der Waals surface area contributed by atoms with Crippen LogP contribution >= 0.6 is 11.3 Å². The van der Waals surface area contributed by atoms with Gasteiger partial charge in [0.15, 0.2) is 5.78 Å². The molecule has 0 aliphatic heterocycles. The first-order chi connectivity index (χ1) is 11.5. The van der Waals surface area contributed by atoms with E-state index in [-0.39, 0.29) is 11.3 Å². The first-order valence-corrected chi connectivity index (χ1v) is 8.45. The molecule has 0 amide bonds. The summed E-state index contributed by atoms with van der Waals surface area (Å²) in [7, 11) is 0. The van der Waals surface area contributed by atoms with Crippen molar-refractivity contribution in [3.63, 3.8) is 0 Å². The normalized spacial score (nSPS) is 14.0. The van der Waals surface area contributed by atoms with Gasteiger partial charge in [-0.25, -0.2) is 18.4 Å². The largest absolute Gasteiger partial charge is 0.294 e. The van der Waals surface area contributed by atoms with Crippen LogP contribution < -0.4 is 0 Å². The summed E-state index contributed by atoms with van der Waals surface area (Å²) in [5.41, 5.74) is 2.67. The van der Waals surface area contributed by atoms with Crippen LogP contribution in [0.25, 0.3) is 16.4 Å². The van der Waals surface area contributed by atoms with Crippen molar-refractivity contribution < 1.29 is 13.6 Å². The predicted molar refractivity (Wildman–Crippen MR) is 86.6 cm³/mol. The number of aromatic nitrogens is 3. The van der Waals surface area contributed by atoms with Crippen LogP contribution in [0.1, 0.15) is 34.6 Å². The number of carbonyl (C=O) groups excluding carboxylic acids is 1. The van der Waals surface area contributed by atoms with Gasteiger partial charge in [0.1, 0.15) is 17.3 Å². The lowest BCUT2D eigenvalue weighted by molar-refractivity contribution is 0.0972. The van der Waals surface area contributed by atoms with Gasteiger partial charge in [0.25, 0.3) is 0 Å². The Kier molecular flexibility index (Phi) is 3.53. The average Bonchev–Trinajstić information content (AvgIpc) is 3.10. The van der Waals surface area contributed by atoms with E-state index in [1.165, 1.54) is 23.5 Å². The van der Waals surface area contributed by atoms with Crippen LogP contribution in [0, 0.1) is 18.6 Å². The molecule has 0 saturated carbocycles. The number of thiazole rings is 1. The number of rotatable bonds is 2. The second kappa shape index (κ2) is 5.59. The average molecular weight is 345 g/mol. The SMILES string of the molecule is Cc1csc(-n2nc(-c3cc(F)cc(F)c3)c3c2CCCC3=O)n1. The third kappa shape index (κ3) is 2.45. The molecule has 0 saturated heterocycles. The van der Waals surface area contributed by atoms with Crippen molar-refractivity contribution in [2.75, 3.05) is 0 Å². The summed E-state index contributed by atoms with van der Waals surface area (Å²) >= 11 is 1.42. The Morgan fingerprint density at radius 3 is 2.58 bits per heavy atom. The third-order valence-corrected chi connectivity index (χ3v) is 4.94. The van der Waals surface area contributed by atoms with E-state index in [0.717, 1.165) is 23.9 Å². The van der Waals surface area contributed by atoms with Crippen molar-refractivity contribution in [2.24, 2.45) is 0 Å². The molecule has 1 aromatic carbocycles. The molecular formula is C17H13F2N3OS. The molecule has 0 radical (unpaired) electrons. The number of aryl methyl sites for hydroxylation is 1. The van der Waals surface area contributed by atoms with Gasteiger partial charge in [-0.15, -0.1) is 11.3 Å². The molecule has 0 fully saturated rings. The number of halogens is 2. The zero-order valence-electron chi connectivity index (χ0n) is 12.8. The number of ketones is 1. The summed E-state index contributed by atoms with van der Waals surface area (Å²) in [6.07, 6.45) is 1.84. The van der Waals surface area contributed by atoms with Crippen molar-refractivity contribution in [1.29, 1.82) is 0 Å². The Morgan fingerprint density at radius 1 is 1.17 bits per heavy atom. The van der Waals surface area contributed by atoms with Gasteiger partial charge in [-0.2, -0.15) is 5.10 Å². The Bertz CT molecular complexity index is 941. The summed E-state index contributed by atoms with van der Waals surface area (Å²) in [6.45, 7) is 1.88. The van der Waals surface area contributed by atoms with Crippen LogP contribution in [0.4, 0.5) is 8.78 Å². The minimum Gasteiger partial charge on any atom is -0.294 e. The van der Waals surface area contributed by atoms with Crippen LogP contribution in [0.15, 0.2) is 23.6 Å². The van der Waals surface area contributed by atoms with Gasteiger partial charge < -0.3 is 0 Å². The van der Waals surface area contributed by atoms with Crippen LogP contribution in [0.2, 0.25) is 0 Å². The lowest BCUT2D eigenvalue weighted by atomic mass is 9.92. The van der Waals surface area contributed by atoms with E-state index in [1.807, 2.05) is 12.3 Å². The Hall–Kier alpha value is -2.41. The molecule has 2 aromatic heterocycles. The Morgan fingerprint density at radius 2 is 1.92 bits per heavy atom. The molecule has 0 spiro atoms. The predicted octanol–water partition coefficient (Wildman–Crippen LogP) is 4.10. The van der Waals surface area contributed by atoms with E-state index in [9.17, 15) is 13.6 Å². The van der Waals surface area contributed by atoms with Gasteiger partial charge in [-0.1, -0.05) is 0 Å². The fourth-order valence-corrected chi connectivity index (χ4v) is 3.78. The van der Waals surface area contributed by atoms with E-state index < -0.39 is 11.6 Å². The van der Waals surface area contributed by atoms with Crippen molar-refractivity contribution >= 4 is 17.1 Å². The molecule has 1 aliphatic carbocycles. The van der Waals surface area contributed by atoms with Crippen molar-refractivity contribution in [3.8, 4) is 16.4 Å². The zero-order valence-corrected chi connectivity index (χ0v) is 13.7. The Balaban J connectivity index is 1.97. The van der Waals surface area contributed by atoms with E-state index >= 15 is 0 Å². The van der Waals surface area contributed by atoms with Crippen molar-refractivity contribution in [2.45, 2.75) is 26.2 Å². The standard InChI is InChI=1S/C17H13F2N3OS/c1-9-8-24-17(20-9)22-13-3-2-4-14(23)15(13)16(21-22)10-5-11(18)7-12(19)6-10/h5-8H,2-4H2,1H3. The smallest absolute Gasteiger partial charge is 0.210 e. The molecule has 0 atom stereocenters. The van der Waals surface area contributed by atoms with Gasteiger partial charge in [0, 0.05) is 23.4 Å². The first kappa shape index (κ1) is 15.1. The summed E-state index contributed by atoms with van der Waals surface area (Å²) in [5.74, 6) is -1.43. The highest BCUT2D eigenvalue weighted by Crippen LogP contribution is 2.34. The summed E-state index contributed by atoms with van der Waals surface area (Å²) in [5, 5.41) is 7.04. The van der Waals surface area contributed by atoms with Crippen molar-refractivity contribution in [1.82, 2.24) is 14.8 Å². The molecule has 0 unspecified atom stereocenters. The maximum absolute atomic E-state index is 13.6. The molecule has 3 aromatic rings. The summed E-state index contributed by atoms with van der Waals surface area (Å²) in [6, 6.07) is 3.20. The molecule has 0 N–H and O–H groups in total. The van der Waals surface area contributed by atoms with Crippen molar-refractivity contribution in [3.05, 3.63) is 52.2 Å². The molecule has 4 rings (SSSR count). The van der Waals surface area contributed by atoms with Crippen LogP contribution in [0.3, 0.4) is 0 Å². The Labute approximate surface area is 140 Å². The maximum Gasteiger partial charge on any atom is 0.210 e. The minimum atomic E-state index is -0.693. The quantitative estimate of drug-likeness (QED) is 0.702. The highest BCUT2D eigenvalue weighted by molar-refractivity contribution is 7.12. The summed E-state index contributed by atoms with van der Waals surface area (Å²) < 4.78 is 28.9. The molecular weight excluding hydrogens is 332 g/mol. The first-order valence-electron chi connectivity index (χ1n) is 7.57. The molecule has 24 heavy (non-hydrogen) atoms. The lowest BCUT2D eigenvalue weighted by Gasteiger charge is -2.12. The molecule has 122 valence electrons. The van der Waals surface area contributed by atoms with E-state index in [2.05, 4.69) is 10.1 Å². The number of Topliss-reactive ketones (excluding diaryl/α,β-unsaturated/α-hetero) is 1. The molecule has 0 bridgehead atoms. The minimum absolute atomic E-state index is 0.0459. The molecule has 4 nitrogen and oxygen atoms in total. The molecule has 1 aliphatic rings. The number of benzene rings is 1. The number of fused-ring (bicyclic) bond motifs is 1. The maximum atomic E-state index is 13.6. The van der Waals surface area contributed by atoms with Crippen LogP contribution in [-0.4, -0.2) is 20.5 Å². The lowest BCUT2D eigenvalue weighted by Crippen LogP contribution is -2.13. The van der Waals surface area contributed by atoms with Gasteiger partial charge in [-0.3, -0.25) is 4.79 Å². The third-order valence-electron chi connectivity index (χ3n) is 4.00. The molecule has 2 heterocycles. The second-order valence-corrected chi connectivity index (χ2v) is 6.62. The number of hydrogen-bond acceptors (Lipinski definition) is 4. The van der Waals surface area contributed by atoms with E-state index in [0.29, 0.717) is 29.2 Å². The summed E-state index contributed by atoms with van der Waals surface area (Å²) in [4.78, 5) is 16.9. The monoisotopic (exact) mass is 345 g/mol. The van der Waals surface area contributed by atoms with E-state index in [1.54, 1.807) is 4.68 Å². The highest BCUT2D eigenvalue weighted by atomic mass is 32.1. The van der Waals surface area contributed by atoms with E-state index in [4.69, 9.17) is 0 Å². The zero-order chi connectivity index (χ0) is 16.8.